The highest BCUT2D eigenvalue weighted by Gasteiger charge is 2.22. The number of H-pyrrole nitrogens is 1. The normalized spacial score (nSPS) is 11.8. The van der Waals surface area contributed by atoms with Crippen molar-refractivity contribution < 1.29 is 8.42 Å². The van der Waals surface area contributed by atoms with Gasteiger partial charge in [0, 0.05) is 25.4 Å². The van der Waals surface area contributed by atoms with E-state index in [0.717, 1.165) is 6.54 Å². The molecule has 2 heterocycles. The second-order valence-electron chi connectivity index (χ2n) is 4.63. The third kappa shape index (κ3) is 3.42. The van der Waals surface area contributed by atoms with Gasteiger partial charge in [-0.2, -0.15) is 18.6 Å². The summed E-state index contributed by atoms with van der Waals surface area (Å²) in [5.41, 5.74) is 1.80. The number of hydrogen-bond donors (Lipinski definition) is 3. The zero-order valence-electron chi connectivity index (χ0n) is 12.3. The average molecular weight is 312 g/mol. The molecule has 0 aliphatic rings. The number of nitrogens with zero attached hydrogens (tertiary/aromatic N) is 3. The lowest BCUT2D eigenvalue weighted by Crippen LogP contribution is -2.18. The van der Waals surface area contributed by atoms with E-state index in [0.29, 0.717) is 29.9 Å². The quantitative estimate of drug-likeness (QED) is 0.695. The predicted octanol–water partition coefficient (Wildman–Crippen LogP) is 0.616. The van der Waals surface area contributed by atoms with Crippen LogP contribution >= 0.6 is 0 Å². The summed E-state index contributed by atoms with van der Waals surface area (Å²) in [7, 11) is -1.96. The van der Waals surface area contributed by atoms with Crippen LogP contribution in [0.15, 0.2) is 17.4 Å². The van der Waals surface area contributed by atoms with Gasteiger partial charge in [-0.1, -0.05) is 13.8 Å². The topological polar surface area (TPSA) is 105 Å². The first-order valence-corrected chi connectivity index (χ1v) is 8.24. The van der Waals surface area contributed by atoms with Crippen molar-refractivity contribution in [3.8, 4) is 0 Å². The van der Waals surface area contributed by atoms with E-state index in [1.807, 2.05) is 13.8 Å². The highest BCUT2D eigenvalue weighted by atomic mass is 32.2. The van der Waals surface area contributed by atoms with Gasteiger partial charge in [-0.3, -0.25) is 14.5 Å². The lowest BCUT2D eigenvalue weighted by atomic mass is 10.3. The number of aromatic amines is 1. The van der Waals surface area contributed by atoms with Crippen LogP contribution in [0.3, 0.4) is 0 Å². The van der Waals surface area contributed by atoms with Crippen molar-refractivity contribution in [3.63, 3.8) is 0 Å². The van der Waals surface area contributed by atoms with Crippen LogP contribution in [0.25, 0.3) is 0 Å². The molecular formula is C12H20N6O2S. The van der Waals surface area contributed by atoms with Crippen LogP contribution in [-0.2, 0) is 30.0 Å². The first kappa shape index (κ1) is 15.5. The van der Waals surface area contributed by atoms with E-state index in [1.54, 1.807) is 17.9 Å². The molecule has 0 saturated carbocycles. The Hall–Kier alpha value is -1.87. The number of hydrogen-bond acceptors (Lipinski definition) is 5. The molecule has 2 aromatic heterocycles. The molecule has 0 aromatic carbocycles. The second kappa shape index (κ2) is 6.27. The Balaban J connectivity index is 2.28. The fourth-order valence-corrected chi connectivity index (χ4v) is 3.20. The van der Waals surface area contributed by atoms with Crippen LogP contribution in [0.2, 0.25) is 0 Å². The molecular weight excluding hydrogens is 292 g/mol. The second-order valence-corrected chi connectivity index (χ2v) is 6.25. The average Bonchev–Trinajstić information content (AvgIpc) is 3.02. The third-order valence-corrected chi connectivity index (χ3v) is 4.38. The molecule has 116 valence electrons. The molecule has 0 aliphatic heterocycles. The molecule has 0 unspecified atom stereocenters. The number of sulfonamides is 1. The fourth-order valence-electron chi connectivity index (χ4n) is 1.99. The monoisotopic (exact) mass is 312 g/mol. The maximum absolute atomic E-state index is 12.5. The summed E-state index contributed by atoms with van der Waals surface area (Å²) in [6, 6.07) is 0. The molecule has 0 fully saturated rings. The molecule has 2 rings (SSSR count). The van der Waals surface area contributed by atoms with Gasteiger partial charge in [0.05, 0.1) is 17.6 Å². The first-order valence-electron chi connectivity index (χ1n) is 6.76. The fraction of sp³-hybridized carbons (Fsp3) is 0.500. The summed E-state index contributed by atoms with van der Waals surface area (Å²) in [6.45, 7) is 5.07. The van der Waals surface area contributed by atoms with Gasteiger partial charge in [0.1, 0.15) is 0 Å². The largest absolute Gasteiger partial charge is 0.313 e. The summed E-state index contributed by atoms with van der Waals surface area (Å²) in [5, 5.41) is 13.8. The van der Waals surface area contributed by atoms with Crippen molar-refractivity contribution in [1.29, 1.82) is 0 Å². The van der Waals surface area contributed by atoms with Crippen molar-refractivity contribution in [3.05, 3.63) is 23.7 Å². The van der Waals surface area contributed by atoms with Crippen molar-refractivity contribution >= 4 is 15.7 Å². The van der Waals surface area contributed by atoms with Gasteiger partial charge in [-0.15, -0.1) is 0 Å². The zero-order chi connectivity index (χ0) is 15.5. The summed E-state index contributed by atoms with van der Waals surface area (Å²) >= 11 is 0. The van der Waals surface area contributed by atoms with Crippen LogP contribution in [0, 0.1) is 0 Å². The molecule has 0 amide bonds. The molecule has 0 atom stereocenters. The van der Waals surface area contributed by atoms with E-state index in [-0.39, 0.29) is 5.03 Å². The first-order chi connectivity index (χ1) is 9.97. The Morgan fingerprint density at radius 1 is 1.38 bits per heavy atom. The minimum atomic E-state index is -3.71. The molecule has 2 aromatic rings. The Kier molecular flexibility index (Phi) is 4.63. The van der Waals surface area contributed by atoms with E-state index >= 15 is 0 Å². The highest BCUT2D eigenvalue weighted by Crippen LogP contribution is 2.20. The van der Waals surface area contributed by atoms with Gasteiger partial charge in [0.2, 0.25) is 0 Å². The number of aromatic nitrogens is 4. The lowest BCUT2D eigenvalue weighted by Gasteiger charge is -2.08. The highest BCUT2D eigenvalue weighted by molar-refractivity contribution is 7.92. The van der Waals surface area contributed by atoms with Crippen molar-refractivity contribution in [2.24, 2.45) is 7.05 Å². The smallest absolute Gasteiger partial charge is 0.279 e. The van der Waals surface area contributed by atoms with Gasteiger partial charge < -0.3 is 5.32 Å². The van der Waals surface area contributed by atoms with Crippen LogP contribution in [0.1, 0.15) is 25.1 Å². The maximum atomic E-state index is 12.5. The van der Waals surface area contributed by atoms with Crippen molar-refractivity contribution in [2.45, 2.75) is 31.8 Å². The van der Waals surface area contributed by atoms with Crippen molar-refractivity contribution in [2.75, 3.05) is 11.3 Å². The summed E-state index contributed by atoms with van der Waals surface area (Å²) < 4.78 is 29.1. The minimum Gasteiger partial charge on any atom is -0.313 e. The van der Waals surface area contributed by atoms with Gasteiger partial charge >= 0.3 is 0 Å². The molecule has 9 heteroatoms. The number of rotatable bonds is 7. The van der Waals surface area contributed by atoms with Crippen LogP contribution in [0.5, 0.6) is 0 Å². The van der Waals surface area contributed by atoms with E-state index in [4.69, 9.17) is 0 Å². The molecule has 0 radical (unpaired) electrons. The minimum absolute atomic E-state index is 0.0781. The molecule has 0 spiro atoms. The van der Waals surface area contributed by atoms with Crippen LogP contribution < -0.4 is 10.0 Å². The van der Waals surface area contributed by atoms with E-state index in [9.17, 15) is 8.42 Å². The van der Waals surface area contributed by atoms with E-state index in [1.165, 1.54) is 6.20 Å². The Morgan fingerprint density at radius 2 is 2.14 bits per heavy atom. The molecule has 0 saturated heterocycles. The number of aryl methyl sites for hydroxylation is 2. The van der Waals surface area contributed by atoms with Gasteiger partial charge in [0.25, 0.3) is 10.0 Å². The SMILES string of the molecule is CCNCc1cn[nH]c1S(=O)(=O)Nc1cn(C)nc1CC. The Labute approximate surface area is 124 Å². The lowest BCUT2D eigenvalue weighted by molar-refractivity contribution is 0.594. The van der Waals surface area contributed by atoms with Gasteiger partial charge in [0.15, 0.2) is 5.03 Å². The third-order valence-electron chi connectivity index (χ3n) is 3.00. The van der Waals surface area contributed by atoms with Crippen LogP contribution in [0.4, 0.5) is 5.69 Å². The predicted molar refractivity (Wildman–Crippen MR) is 79.4 cm³/mol. The van der Waals surface area contributed by atoms with Gasteiger partial charge in [-0.05, 0) is 13.0 Å². The molecule has 8 nitrogen and oxygen atoms in total. The van der Waals surface area contributed by atoms with Gasteiger partial charge in [-0.25, -0.2) is 0 Å². The summed E-state index contributed by atoms with van der Waals surface area (Å²) in [6.07, 6.45) is 3.81. The van der Waals surface area contributed by atoms with E-state index in [2.05, 4.69) is 25.3 Å². The molecule has 3 N–H and O–H groups in total. The van der Waals surface area contributed by atoms with Crippen LogP contribution in [-0.4, -0.2) is 34.9 Å². The number of nitrogens with one attached hydrogen (secondary N) is 3. The Morgan fingerprint density at radius 3 is 2.81 bits per heavy atom. The number of anilines is 1. The molecule has 21 heavy (non-hydrogen) atoms. The standard InChI is InChI=1S/C12H20N6O2S/c1-4-10-11(8-18(3)16-10)17-21(19,20)12-9(6-13-5-2)7-14-15-12/h7-8,13,17H,4-6H2,1-3H3,(H,14,15). The molecule has 0 bridgehead atoms. The zero-order valence-corrected chi connectivity index (χ0v) is 13.2. The maximum Gasteiger partial charge on any atom is 0.279 e. The Bertz CT molecular complexity index is 703. The van der Waals surface area contributed by atoms with E-state index < -0.39 is 10.0 Å². The summed E-state index contributed by atoms with van der Waals surface area (Å²) in [5.74, 6) is 0. The molecule has 0 aliphatic carbocycles. The summed E-state index contributed by atoms with van der Waals surface area (Å²) in [4.78, 5) is 0. The van der Waals surface area contributed by atoms with Crippen molar-refractivity contribution in [1.82, 2.24) is 25.3 Å².